The number of hydrogen-bond donors (Lipinski definition) is 2. The zero-order valence-electron chi connectivity index (χ0n) is 19.7. The van der Waals surface area contributed by atoms with Crippen LogP contribution >= 0.6 is 0 Å². The van der Waals surface area contributed by atoms with Gasteiger partial charge >= 0.3 is 0 Å². The molecule has 4 heteroatoms. The minimum absolute atomic E-state index is 0.106. The van der Waals surface area contributed by atoms with Crippen LogP contribution in [0.4, 0.5) is 23.0 Å². The van der Waals surface area contributed by atoms with Crippen LogP contribution in [0.3, 0.4) is 0 Å². The van der Waals surface area contributed by atoms with Crippen LogP contribution in [-0.2, 0) is 10.8 Å². The number of hydrogen-bond acceptors (Lipinski definition) is 3. The fourth-order valence-electron chi connectivity index (χ4n) is 4.66. The van der Waals surface area contributed by atoms with Crippen molar-refractivity contribution in [2.75, 3.05) is 16.8 Å². The molecular formula is C28H32N4. The number of H-pyrrole nitrogens is 1. The molecule has 5 rings (SSSR count). The van der Waals surface area contributed by atoms with Crippen molar-refractivity contribution >= 4 is 34.0 Å². The molecule has 0 saturated heterocycles. The molecule has 32 heavy (non-hydrogen) atoms. The zero-order chi connectivity index (χ0) is 22.5. The Balaban J connectivity index is 1.51. The van der Waals surface area contributed by atoms with Crippen molar-refractivity contribution in [2.24, 2.45) is 0 Å². The largest absolute Gasteiger partial charge is 0.340 e. The lowest BCUT2D eigenvalue weighted by Gasteiger charge is -2.40. The SMILES string of the molecule is CC(C)(C)c1ccc2nc(Nc3ccccc3N3CCC(C)(C)c4ccccc43)[nH]c2c1. The third-order valence-corrected chi connectivity index (χ3v) is 6.68. The standard InChI is InChI=1S/C28H32N4/c1-27(2,3)19-14-15-21-23(18-19)31-26(29-21)30-22-11-7-9-13-25(22)32-17-16-28(4,5)20-10-6-8-12-24(20)32/h6-15,18H,16-17H2,1-5H3,(H2,29,30,31). The summed E-state index contributed by atoms with van der Waals surface area (Å²) >= 11 is 0. The van der Waals surface area contributed by atoms with E-state index in [0.717, 1.165) is 35.6 Å². The molecule has 0 spiro atoms. The number of nitrogens with zero attached hydrogens (tertiary/aromatic N) is 2. The molecule has 0 radical (unpaired) electrons. The number of anilines is 4. The lowest BCUT2D eigenvalue weighted by Crippen LogP contribution is -2.34. The molecule has 2 heterocycles. The summed E-state index contributed by atoms with van der Waals surface area (Å²) in [5, 5.41) is 3.56. The maximum Gasteiger partial charge on any atom is 0.205 e. The first kappa shape index (κ1) is 20.6. The van der Waals surface area contributed by atoms with Crippen LogP contribution in [0.15, 0.2) is 66.7 Å². The van der Waals surface area contributed by atoms with Crippen molar-refractivity contribution in [3.63, 3.8) is 0 Å². The maximum absolute atomic E-state index is 4.80. The van der Waals surface area contributed by atoms with Gasteiger partial charge in [0.25, 0.3) is 0 Å². The zero-order valence-corrected chi connectivity index (χ0v) is 19.7. The third kappa shape index (κ3) is 3.64. The first-order valence-corrected chi connectivity index (χ1v) is 11.5. The number of benzene rings is 3. The first-order valence-electron chi connectivity index (χ1n) is 11.5. The molecule has 0 aliphatic carbocycles. The summed E-state index contributed by atoms with van der Waals surface area (Å²) in [4.78, 5) is 10.7. The molecule has 4 nitrogen and oxygen atoms in total. The summed E-state index contributed by atoms with van der Waals surface area (Å²) in [6.07, 6.45) is 1.11. The van der Waals surface area contributed by atoms with Gasteiger partial charge in [0, 0.05) is 12.2 Å². The number of para-hydroxylation sites is 3. The molecule has 1 aromatic heterocycles. The molecule has 2 N–H and O–H groups in total. The van der Waals surface area contributed by atoms with E-state index in [4.69, 9.17) is 4.98 Å². The molecule has 164 valence electrons. The van der Waals surface area contributed by atoms with Crippen LogP contribution < -0.4 is 10.2 Å². The summed E-state index contributed by atoms with van der Waals surface area (Å²) in [7, 11) is 0. The Morgan fingerprint density at radius 1 is 0.938 bits per heavy atom. The lowest BCUT2D eigenvalue weighted by atomic mass is 9.77. The van der Waals surface area contributed by atoms with Gasteiger partial charge in [0.1, 0.15) is 0 Å². The molecule has 3 aromatic carbocycles. The lowest BCUT2D eigenvalue weighted by molar-refractivity contribution is 0.467. The minimum atomic E-state index is 0.106. The summed E-state index contributed by atoms with van der Waals surface area (Å²) in [6.45, 7) is 12.4. The number of nitrogens with one attached hydrogen (secondary N) is 2. The van der Waals surface area contributed by atoms with Crippen molar-refractivity contribution in [1.29, 1.82) is 0 Å². The van der Waals surface area contributed by atoms with Crippen LogP contribution in [0, 0.1) is 0 Å². The van der Waals surface area contributed by atoms with Crippen molar-refractivity contribution in [3.05, 3.63) is 77.9 Å². The van der Waals surface area contributed by atoms with Crippen LogP contribution in [0.1, 0.15) is 52.2 Å². The van der Waals surface area contributed by atoms with Gasteiger partial charge in [0.15, 0.2) is 0 Å². The van der Waals surface area contributed by atoms with Gasteiger partial charge in [-0.15, -0.1) is 0 Å². The molecule has 0 fully saturated rings. The minimum Gasteiger partial charge on any atom is -0.340 e. The van der Waals surface area contributed by atoms with Crippen molar-refractivity contribution in [1.82, 2.24) is 9.97 Å². The van der Waals surface area contributed by atoms with E-state index >= 15 is 0 Å². The molecule has 0 unspecified atom stereocenters. The van der Waals surface area contributed by atoms with E-state index in [1.54, 1.807) is 0 Å². The number of imidazole rings is 1. The van der Waals surface area contributed by atoms with E-state index in [9.17, 15) is 0 Å². The van der Waals surface area contributed by atoms with Gasteiger partial charge in [0.2, 0.25) is 5.95 Å². The van der Waals surface area contributed by atoms with Crippen LogP contribution in [0.25, 0.3) is 11.0 Å². The van der Waals surface area contributed by atoms with Gasteiger partial charge in [-0.25, -0.2) is 4.98 Å². The molecule has 0 saturated carbocycles. The van der Waals surface area contributed by atoms with E-state index in [-0.39, 0.29) is 10.8 Å². The predicted molar refractivity (Wildman–Crippen MR) is 136 cm³/mol. The van der Waals surface area contributed by atoms with Gasteiger partial charge in [-0.3, -0.25) is 0 Å². The van der Waals surface area contributed by atoms with Gasteiger partial charge in [-0.1, -0.05) is 71.0 Å². The average molecular weight is 425 g/mol. The van der Waals surface area contributed by atoms with Crippen LogP contribution in [-0.4, -0.2) is 16.5 Å². The van der Waals surface area contributed by atoms with Crippen LogP contribution in [0.2, 0.25) is 0 Å². The second-order valence-electron chi connectivity index (χ2n) is 10.5. The number of aromatic amines is 1. The van der Waals surface area contributed by atoms with Gasteiger partial charge in [0.05, 0.1) is 22.4 Å². The van der Waals surface area contributed by atoms with E-state index in [1.165, 1.54) is 22.5 Å². The topological polar surface area (TPSA) is 44.0 Å². The Bertz CT molecular complexity index is 1280. The Kier molecular flexibility index (Phi) is 4.77. The highest BCUT2D eigenvalue weighted by molar-refractivity contribution is 5.84. The quantitative estimate of drug-likeness (QED) is 0.359. The second-order valence-corrected chi connectivity index (χ2v) is 10.5. The Hall–Kier alpha value is -3.27. The van der Waals surface area contributed by atoms with Crippen molar-refractivity contribution < 1.29 is 0 Å². The smallest absolute Gasteiger partial charge is 0.205 e. The molecule has 0 bridgehead atoms. The third-order valence-electron chi connectivity index (χ3n) is 6.68. The highest BCUT2D eigenvalue weighted by atomic mass is 15.2. The number of aromatic nitrogens is 2. The Morgan fingerprint density at radius 2 is 1.66 bits per heavy atom. The summed E-state index contributed by atoms with van der Waals surface area (Å²) in [5.74, 6) is 0.768. The predicted octanol–water partition coefficient (Wildman–Crippen LogP) is 7.42. The second kappa shape index (κ2) is 7.40. The summed E-state index contributed by atoms with van der Waals surface area (Å²) in [5.41, 5.74) is 8.53. The maximum atomic E-state index is 4.80. The number of fused-ring (bicyclic) bond motifs is 2. The molecule has 0 amide bonds. The fourth-order valence-corrected chi connectivity index (χ4v) is 4.66. The summed E-state index contributed by atoms with van der Waals surface area (Å²) in [6, 6.07) is 23.8. The molecule has 1 aliphatic heterocycles. The van der Waals surface area contributed by atoms with Gasteiger partial charge in [-0.2, -0.15) is 0 Å². The van der Waals surface area contributed by atoms with Gasteiger partial charge < -0.3 is 15.2 Å². The van der Waals surface area contributed by atoms with E-state index < -0.39 is 0 Å². The molecule has 1 aliphatic rings. The van der Waals surface area contributed by atoms with Crippen LogP contribution in [0.5, 0.6) is 0 Å². The first-order chi connectivity index (χ1) is 15.2. The van der Waals surface area contributed by atoms with Gasteiger partial charge in [-0.05, 0) is 58.7 Å². The fraction of sp³-hybridized carbons (Fsp3) is 0.321. The van der Waals surface area contributed by atoms with E-state index in [1.807, 2.05) is 0 Å². The van der Waals surface area contributed by atoms with E-state index in [2.05, 4.69) is 117 Å². The van der Waals surface area contributed by atoms with E-state index in [0.29, 0.717) is 0 Å². The molecule has 4 aromatic rings. The molecular weight excluding hydrogens is 392 g/mol. The highest BCUT2D eigenvalue weighted by Gasteiger charge is 2.32. The Labute approximate surface area is 190 Å². The Morgan fingerprint density at radius 3 is 2.44 bits per heavy atom. The van der Waals surface area contributed by atoms with Crippen molar-refractivity contribution in [2.45, 2.75) is 51.9 Å². The highest BCUT2D eigenvalue weighted by Crippen LogP contribution is 2.44. The monoisotopic (exact) mass is 424 g/mol. The van der Waals surface area contributed by atoms with Crippen molar-refractivity contribution in [3.8, 4) is 0 Å². The normalized spacial score (nSPS) is 15.6. The summed E-state index contributed by atoms with van der Waals surface area (Å²) < 4.78 is 0. The molecule has 0 atom stereocenters. The average Bonchev–Trinajstić information content (AvgIpc) is 3.16. The number of rotatable bonds is 3.